The molecule has 1 aliphatic rings. The summed E-state index contributed by atoms with van der Waals surface area (Å²) in [5, 5.41) is 3.78. The summed E-state index contributed by atoms with van der Waals surface area (Å²) in [5.41, 5.74) is 10.5. The number of ether oxygens (including phenoxy) is 1. The van der Waals surface area contributed by atoms with Gasteiger partial charge in [0.25, 0.3) is 0 Å². The van der Waals surface area contributed by atoms with E-state index in [0.717, 1.165) is 40.1 Å². The SMILES string of the molecule is CCn1c(C#Cc2cccc(N3CCNC3=O)c2)c(N)c2ccc(OC)cc21. The number of aryl methyl sites for hydroxylation is 1. The third kappa shape index (κ3) is 3.01. The molecule has 2 amide bonds. The van der Waals surface area contributed by atoms with E-state index >= 15 is 0 Å². The lowest BCUT2D eigenvalue weighted by Gasteiger charge is -2.14. The molecule has 1 saturated heterocycles. The number of aromatic nitrogens is 1. The van der Waals surface area contributed by atoms with E-state index in [1.165, 1.54) is 0 Å². The van der Waals surface area contributed by atoms with Gasteiger partial charge in [-0.2, -0.15) is 0 Å². The van der Waals surface area contributed by atoms with Gasteiger partial charge in [0.05, 0.1) is 18.3 Å². The number of nitrogens with one attached hydrogen (secondary N) is 1. The second-order valence-electron chi connectivity index (χ2n) is 6.57. The first-order valence-corrected chi connectivity index (χ1v) is 9.25. The third-order valence-electron chi connectivity index (χ3n) is 4.97. The summed E-state index contributed by atoms with van der Waals surface area (Å²) in [4.78, 5) is 13.6. The number of benzene rings is 2. The topological polar surface area (TPSA) is 72.5 Å². The van der Waals surface area contributed by atoms with Crippen LogP contribution >= 0.6 is 0 Å². The first kappa shape index (κ1) is 17.8. The van der Waals surface area contributed by atoms with Gasteiger partial charge in [0.1, 0.15) is 11.4 Å². The van der Waals surface area contributed by atoms with E-state index in [9.17, 15) is 4.79 Å². The molecular formula is C22H22N4O2. The Morgan fingerprint density at radius 2 is 2.07 bits per heavy atom. The Labute approximate surface area is 163 Å². The smallest absolute Gasteiger partial charge is 0.321 e. The minimum absolute atomic E-state index is 0.0746. The standard InChI is InChI=1S/C22H22N4O2/c1-3-25-19(21(23)18-9-8-17(28-2)14-20(18)25)10-7-15-5-4-6-16(13-15)26-12-11-24-22(26)27/h4-6,8-9,13-14H,3,11-12,23H2,1-2H3,(H,24,27). The largest absolute Gasteiger partial charge is 0.497 e. The Kier molecular flexibility index (Phi) is 4.58. The molecule has 4 rings (SSSR count). The summed E-state index contributed by atoms with van der Waals surface area (Å²) in [6.07, 6.45) is 0. The minimum Gasteiger partial charge on any atom is -0.497 e. The number of carbonyl (C=O) groups excluding carboxylic acids is 1. The average molecular weight is 374 g/mol. The van der Waals surface area contributed by atoms with E-state index in [1.54, 1.807) is 12.0 Å². The van der Waals surface area contributed by atoms with Gasteiger partial charge in [-0.15, -0.1) is 0 Å². The predicted molar refractivity (Wildman–Crippen MR) is 112 cm³/mol. The fourth-order valence-corrected chi connectivity index (χ4v) is 3.55. The van der Waals surface area contributed by atoms with Crippen LogP contribution in [-0.4, -0.2) is 30.8 Å². The highest BCUT2D eigenvalue weighted by molar-refractivity contribution is 5.96. The van der Waals surface area contributed by atoms with Crippen LogP contribution in [0.5, 0.6) is 5.75 Å². The van der Waals surface area contributed by atoms with Gasteiger partial charge in [-0.1, -0.05) is 12.0 Å². The van der Waals surface area contributed by atoms with Crippen LogP contribution in [0.15, 0.2) is 42.5 Å². The highest BCUT2D eigenvalue weighted by atomic mass is 16.5. The Bertz CT molecular complexity index is 1120. The summed E-state index contributed by atoms with van der Waals surface area (Å²) < 4.78 is 7.44. The number of hydrogen-bond acceptors (Lipinski definition) is 3. The van der Waals surface area contributed by atoms with Crippen molar-refractivity contribution in [3.05, 3.63) is 53.7 Å². The van der Waals surface area contributed by atoms with Gasteiger partial charge in [-0.25, -0.2) is 4.79 Å². The second kappa shape index (κ2) is 7.20. The molecule has 1 aliphatic heterocycles. The van der Waals surface area contributed by atoms with Gasteiger partial charge in [-0.05, 0) is 43.2 Å². The van der Waals surface area contributed by atoms with Gasteiger partial charge >= 0.3 is 6.03 Å². The molecule has 6 nitrogen and oxygen atoms in total. The van der Waals surface area contributed by atoms with E-state index in [2.05, 4.69) is 28.6 Å². The van der Waals surface area contributed by atoms with Crippen LogP contribution in [0.25, 0.3) is 10.9 Å². The third-order valence-corrected chi connectivity index (χ3v) is 4.97. The fraction of sp³-hybridized carbons (Fsp3) is 0.227. The minimum atomic E-state index is -0.0746. The Morgan fingerprint density at radius 3 is 2.79 bits per heavy atom. The predicted octanol–water partition coefficient (Wildman–Crippen LogP) is 3.18. The number of nitrogens with zero attached hydrogens (tertiary/aromatic N) is 2. The monoisotopic (exact) mass is 374 g/mol. The van der Waals surface area contributed by atoms with Crippen LogP contribution < -0.4 is 20.7 Å². The molecule has 0 radical (unpaired) electrons. The molecule has 0 atom stereocenters. The lowest BCUT2D eigenvalue weighted by molar-refractivity contribution is 0.252. The number of fused-ring (bicyclic) bond motifs is 1. The van der Waals surface area contributed by atoms with Crippen LogP contribution in [0.4, 0.5) is 16.2 Å². The summed E-state index contributed by atoms with van der Waals surface area (Å²) in [5.74, 6) is 7.22. The molecule has 0 saturated carbocycles. The lowest BCUT2D eigenvalue weighted by atomic mass is 10.2. The molecule has 2 heterocycles. The number of hydrogen-bond donors (Lipinski definition) is 2. The summed E-state index contributed by atoms with van der Waals surface area (Å²) in [6, 6.07) is 13.5. The first-order chi connectivity index (χ1) is 13.6. The fourth-order valence-electron chi connectivity index (χ4n) is 3.55. The van der Waals surface area contributed by atoms with E-state index in [1.807, 2.05) is 42.5 Å². The number of rotatable bonds is 3. The number of methoxy groups -OCH3 is 1. The van der Waals surface area contributed by atoms with Crippen molar-refractivity contribution in [2.24, 2.45) is 0 Å². The second-order valence-corrected chi connectivity index (χ2v) is 6.57. The zero-order valence-corrected chi connectivity index (χ0v) is 16.0. The van der Waals surface area contributed by atoms with Crippen molar-refractivity contribution in [1.82, 2.24) is 9.88 Å². The van der Waals surface area contributed by atoms with Crippen molar-refractivity contribution in [1.29, 1.82) is 0 Å². The molecule has 0 unspecified atom stereocenters. The normalized spacial score (nSPS) is 13.4. The highest BCUT2D eigenvalue weighted by Gasteiger charge is 2.21. The summed E-state index contributed by atoms with van der Waals surface area (Å²) in [7, 11) is 1.65. The average Bonchev–Trinajstić information content (AvgIpc) is 3.27. The molecule has 142 valence electrons. The zero-order chi connectivity index (χ0) is 19.7. The molecule has 0 bridgehead atoms. The maximum atomic E-state index is 11.9. The number of nitrogens with two attached hydrogens (primary N) is 1. The summed E-state index contributed by atoms with van der Waals surface area (Å²) >= 11 is 0. The van der Waals surface area contributed by atoms with Crippen molar-refractivity contribution >= 4 is 28.3 Å². The number of amides is 2. The molecule has 3 N–H and O–H groups in total. The Balaban J connectivity index is 1.75. The van der Waals surface area contributed by atoms with Crippen molar-refractivity contribution in [3.8, 4) is 17.6 Å². The number of urea groups is 1. The van der Waals surface area contributed by atoms with Crippen molar-refractivity contribution in [2.45, 2.75) is 13.5 Å². The maximum absolute atomic E-state index is 11.9. The summed E-state index contributed by atoms with van der Waals surface area (Å²) in [6.45, 7) is 4.13. The Morgan fingerprint density at radius 1 is 1.21 bits per heavy atom. The number of nitrogen functional groups attached to an aromatic ring is 1. The molecule has 28 heavy (non-hydrogen) atoms. The molecule has 6 heteroatoms. The van der Waals surface area contributed by atoms with Crippen LogP contribution in [-0.2, 0) is 6.54 Å². The van der Waals surface area contributed by atoms with Crippen LogP contribution in [0.3, 0.4) is 0 Å². The highest BCUT2D eigenvalue weighted by Crippen LogP contribution is 2.31. The van der Waals surface area contributed by atoms with Crippen molar-refractivity contribution < 1.29 is 9.53 Å². The molecular weight excluding hydrogens is 352 g/mol. The van der Waals surface area contributed by atoms with Gasteiger partial charge in [-0.3, -0.25) is 4.90 Å². The molecule has 2 aromatic carbocycles. The molecule has 3 aromatic rings. The quantitative estimate of drug-likeness (QED) is 0.692. The zero-order valence-electron chi connectivity index (χ0n) is 16.0. The molecule has 1 fully saturated rings. The number of carbonyl (C=O) groups is 1. The van der Waals surface area contributed by atoms with E-state index in [-0.39, 0.29) is 6.03 Å². The molecule has 0 aliphatic carbocycles. The van der Waals surface area contributed by atoms with Crippen LogP contribution in [0, 0.1) is 11.8 Å². The molecule has 0 spiro atoms. The van der Waals surface area contributed by atoms with E-state index < -0.39 is 0 Å². The Hall–Kier alpha value is -3.59. The van der Waals surface area contributed by atoms with Gasteiger partial charge < -0.3 is 20.4 Å². The first-order valence-electron chi connectivity index (χ1n) is 9.25. The van der Waals surface area contributed by atoms with Crippen LogP contribution in [0.2, 0.25) is 0 Å². The van der Waals surface area contributed by atoms with Gasteiger partial charge in [0.15, 0.2) is 0 Å². The van der Waals surface area contributed by atoms with E-state index in [0.29, 0.717) is 18.8 Å². The van der Waals surface area contributed by atoms with E-state index in [4.69, 9.17) is 10.5 Å². The van der Waals surface area contributed by atoms with Crippen molar-refractivity contribution in [3.63, 3.8) is 0 Å². The van der Waals surface area contributed by atoms with Crippen LogP contribution in [0.1, 0.15) is 18.2 Å². The maximum Gasteiger partial charge on any atom is 0.321 e. The number of anilines is 2. The van der Waals surface area contributed by atoms with Crippen molar-refractivity contribution in [2.75, 3.05) is 30.8 Å². The van der Waals surface area contributed by atoms with Gasteiger partial charge in [0.2, 0.25) is 0 Å². The lowest BCUT2D eigenvalue weighted by Crippen LogP contribution is -2.27. The van der Waals surface area contributed by atoms with Gasteiger partial charge in [0, 0.05) is 42.3 Å². The molecule has 1 aromatic heterocycles.